The first-order valence-corrected chi connectivity index (χ1v) is 8.96. The number of sulfonamides is 1. The molecule has 0 radical (unpaired) electrons. The molecular weight excluding hydrogens is 298 g/mol. The van der Waals surface area contributed by atoms with Crippen LogP contribution in [0.3, 0.4) is 0 Å². The average molecular weight is 319 g/mol. The van der Waals surface area contributed by atoms with Gasteiger partial charge in [0.1, 0.15) is 4.88 Å². The van der Waals surface area contributed by atoms with Crippen molar-refractivity contribution in [2.45, 2.75) is 51.0 Å². The van der Waals surface area contributed by atoms with E-state index >= 15 is 0 Å². The molecule has 5 nitrogen and oxygen atoms in total. The Hall–Kier alpha value is -0.920. The minimum atomic E-state index is -3.61. The minimum absolute atomic E-state index is 0.0424. The Morgan fingerprint density at radius 1 is 1.40 bits per heavy atom. The third-order valence-corrected chi connectivity index (χ3v) is 6.07. The molecule has 0 amide bonds. The molecule has 1 heterocycles. The van der Waals surface area contributed by atoms with Crippen molar-refractivity contribution in [2.24, 2.45) is 0 Å². The van der Waals surface area contributed by atoms with Gasteiger partial charge < -0.3 is 5.11 Å². The fraction of sp³-hybridized carbons (Fsp3) is 0.615. The molecule has 1 rings (SSSR count). The van der Waals surface area contributed by atoms with Gasteiger partial charge in [-0.15, -0.1) is 11.3 Å². The number of nitrogens with zero attached hydrogens (tertiary/aromatic N) is 1. The van der Waals surface area contributed by atoms with Crippen LogP contribution in [0.25, 0.3) is 0 Å². The van der Waals surface area contributed by atoms with Gasteiger partial charge in [0.25, 0.3) is 0 Å². The van der Waals surface area contributed by atoms with Crippen molar-refractivity contribution >= 4 is 27.3 Å². The molecule has 1 N–H and O–H groups in total. The van der Waals surface area contributed by atoms with E-state index in [1.807, 2.05) is 13.8 Å². The Bertz CT molecular complexity index is 548. The maximum absolute atomic E-state index is 12.5. The molecule has 0 aliphatic carbocycles. The molecule has 0 unspecified atom stereocenters. The lowest BCUT2D eigenvalue weighted by atomic mass is 10.2. The Balaban J connectivity index is 2.99. The Labute approximate surface area is 124 Å². The standard InChI is InChI=1S/C13H21NO4S2/c1-4-5-6-7-14(10(2)3)20(17,18)11-8-12(13(15)16)19-9-11/h8-10H,4-7H2,1-3H3,(H,15,16). The van der Waals surface area contributed by atoms with E-state index in [-0.39, 0.29) is 15.8 Å². The fourth-order valence-corrected chi connectivity index (χ4v) is 4.65. The molecule has 1 aromatic heterocycles. The van der Waals surface area contributed by atoms with E-state index in [9.17, 15) is 13.2 Å². The number of carboxylic acids is 1. The normalized spacial score (nSPS) is 12.2. The van der Waals surface area contributed by atoms with Gasteiger partial charge in [-0.05, 0) is 26.3 Å². The lowest BCUT2D eigenvalue weighted by molar-refractivity contribution is 0.0702. The third-order valence-electron chi connectivity index (χ3n) is 2.95. The molecule has 114 valence electrons. The summed E-state index contributed by atoms with van der Waals surface area (Å²) in [5, 5.41) is 10.3. The number of thiophene rings is 1. The second-order valence-corrected chi connectivity index (χ2v) is 7.67. The minimum Gasteiger partial charge on any atom is -0.477 e. The highest BCUT2D eigenvalue weighted by Crippen LogP contribution is 2.24. The first-order chi connectivity index (χ1) is 9.30. The second-order valence-electron chi connectivity index (χ2n) is 4.87. The summed E-state index contributed by atoms with van der Waals surface area (Å²) in [5.74, 6) is -1.10. The molecule has 0 fully saturated rings. The number of hydrogen-bond acceptors (Lipinski definition) is 4. The lowest BCUT2D eigenvalue weighted by Gasteiger charge is -2.25. The van der Waals surface area contributed by atoms with Crippen LogP contribution in [-0.4, -0.2) is 36.4 Å². The quantitative estimate of drug-likeness (QED) is 0.747. The van der Waals surface area contributed by atoms with Crippen LogP contribution < -0.4 is 0 Å². The summed E-state index contributed by atoms with van der Waals surface area (Å²) in [7, 11) is -3.61. The van der Waals surface area contributed by atoms with Gasteiger partial charge in [0.2, 0.25) is 10.0 Å². The topological polar surface area (TPSA) is 74.7 Å². The molecule has 0 saturated carbocycles. The molecule has 7 heteroatoms. The van der Waals surface area contributed by atoms with Crippen molar-refractivity contribution in [2.75, 3.05) is 6.54 Å². The van der Waals surface area contributed by atoms with E-state index in [1.165, 1.54) is 15.8 Å². The Morgan fingerprint density at radius 3 is 2.50 bits per heavy atom. The summed E-state index contributed by atoms with van der Waals surface area (Å²) >= 11 is 0.937. The highest BCUT2D eigenvalue weighted by molar-refractivity contribution is 7.89. The predicted molar refractivity (Wildman–Crippen MR) is 79.8 cm³/mol. The largest absolute Gasteiger partial charge is 0.477 e. The van der Waals surface area contributed by atoms with Gasteiger partial charge in [0.05, 0.1) is 4.90 Å². The molecule has 0 spiro atoms. The zero-order valence-corrected chi connectivity index (χ0v) is 13.6. The van der Waals surface area contributed by atoms with E-state index in [4.69, 9.17) is 5.11 Å². The van der Waals surface area contributed by atoms with Crippen LogP contribution >= 0.6 is 11.3 Å². The van der Waals surface area contributed by atoms with Crippen LogP contribution in [0.15, 0.2) is 16.3 Å². The number of rotatable bonds is 8. The maximum Gasteiger partial charge on any atom is 0.345 e. The van der Waals surface area contributed by atoms with Gasteiger partial charge in [-0.1, -0.05) is 19.8 Å². The van der Waals surface area contributed by atoms with Crippen molar-refractivity contribution in [3.63, 3.8) is 0 Å². The Kier molecular flexibility index (Phi) is 6.16. The van der Waals surface area contributed by atoms with E-state index in [0.717, 1.165) is 30.6 Å². The molecule has 0 aromatic carbocycles. The average Bonchev–Trinajstić information content (AvgIpc) is 2.84. The van der Waals surface area contributed by atoms with Crippen molar-refractivity contribution in [1.82, 2.24) is 4.31 Å². The van der Waals surface area contributed by atoms with Crippen LogP contribution in [-0.2, 0) is 10.0 Å². The number of unbranched alkanes of at least 4 members (excludes halogenated alkanes) is 2. The second kappa shape index (κ2) is 7.19. The van der Waals surface area contributed by atoms with Gasteiger partial charge in [-0.3, -0.25) is 0 Å². The lowest BCUT2D eigenvalue weighted by Crippen LogP contribution is -2.37. The van der Waals surface area contributed by atoms with Crippen LogP contribution in [0.4, 0.5) is 0 Å². The zero-order valence-electron chi connectivity index (χ0n) is 12.0. The molecule has 0 aliphatic rings. The molecule has 1 aromatic rings. The highest BCUT2D eigenvalue weighted by Gasteiger charge is 2.28. The summed E-state index contributed by atoms with van der Waals surface area (Å²) in [4.78, 5) is 11.0. The highest BCUT2D eigenvalue weighted by atomic mass is 32.2. The van der Waals surface area contributed by atoms with Gasteiger partial charge in [0, 0.05) is 18.0 Å². The van der Waals surface area contributed by atoms with Crippen LogP contribution in [0.2, 0.25) is 0 Å². The maximum atomic E-state index is 12.5. The van der Waals surface area contributed by atoms with Gasteiger partial charge in [0.15, 0.2) is 0 Å². The number of carboxylic acid groups (broad SMARTS) is 1. The Morgan fingerprint density at radius 2 is 2.05 bits per heavy atom. The summed E-state index contributed by atoms with van der Waals surface area (Å²) in [6.07, 6.45) is 2.81. The summed E-state index contributed by atoms with van der Waals surface area (Å²) in [5.41, 5.74) is 0. The summed E-state index contributed by atoms with van der Waals surface area (Å²) in [6.45, 7) is 6.18. The van der Waals surface area contributed by atoms with Crippen molar-refractivity contribution < 1.29 is 18.3 Å². The first kappa shape index (κ1) is 17.1. The van der Waals surface area contributed by atoms with Gasteiger partial charge >= 0.3 is 5.97 Å². The summed E-state index contributed by atoms with van der Waals surface area (Å²) in [6, 6.07) is 1.09. The molecule has 0 saturated heterocycles. The van der Waals surface area contributed by atoms with Crippen molar-refractivity contribution in [3.8, 4) is 0 Å². The molecule has 0 atom stereocenters. The SMILES string of the molecule is CCCCCN(C(C)C)S(=O)(=O)c1csc(C(=O)O)c1. The van der Waals surface area contributed by atoms with E-state index < -0.39 is 16.0 Å². The van der Waals surface area contributed by atoms with Crippen LogP contribution in [0.5, 0.6) is 0 Å². The van der Waals surface area contributed by atoms with E-state index in [1.54, 1.807) is 0 Å². The van der Waals surface area contributed by atoms with Crippen LogP contribution in [0, 0.1) is 0 Å². The fourth-order valence-electron chi connectivity index (χ4n) is 1.88. The number of aromatic carboxylic acids is 1. The molecule has 0 aliphatic heterocycles. The number of hydrogen-bond donors (Lipinski definition) is 1. The first-order valence-electron chi connectivity index (χ1n) is 6.64. The van der Waals surface area contributed by atoms with E-state index in [2.05, 4.69) is 6.92 Å². The number of carbonyl (C=O) groups is 1. The summed E-state index contributed by atoms with van der Waals surface area (Å²) < 4.78 is 26.5. The smallest absolute Gasteiger partial charge is 0.345 e. The van der Waals surface area contributed by atoms with Crippen molar-refractivity contribution in [1.29, 1.82) is 0 Å². The third kappa shape index (κ3) is 4.04. The zero-order chi connectivity index (χ0) is 15.3. The monoisotopic (exact) mass is 319 g/mol. The molecular formula is C13H21NO4S2. The van der Waals surface area contributed by atoms with E-state index in [0.29, 0.717) is 6.54 Å². The molecule has 20 heavy (non-hydrogen) atoms. The van der Waals surface area contributed by atoms with Gasteiger partial charge in [-0.2, -0.15) is 4.31 Å². The van der Waals surface area contributed by atoms with Gasteiger partial charge in [-0.25, -0.2) is 13.2 Å². The predicted octanol–water partition coefficient (Wildman–Crippen LogP) is 3.04. The van der Waals surface area contributed by atoms with Crippen LogP contribution in [0.1, 0.15) is 49.7 Å². The van der Waals surface area contributed by atoms with Crippen molar-refractivity contribution in [3.05, 3.63) is 16.3 Å². The molecule has 0 bridgehead atoms.